The first-order valence-electron chi connectivity index (χ1n) is 8.39. The minimum Gasteiger partial charge on any atom is -0.207 e. The molecule has 0 spiro atoms. The minimum atomic E-state index is -3.45. The van der Waals surface area contributed by atoms with Crippen molar-refractivity contribution in [1.29, 1.82) is 0 Å². The van der Waals surface area contributed by atoms with Crippen LogP contribution in [0.1, 0.15) is 30.4 Å². The Morgan fingerprint density at radius 2 is 1.71 bits per heavy atom. The smallest absolute Gasteiger partial charge is 0.207 e. The zero-order chi connectivity index (χ0) is 17.0. The second-order valence-electron chi connectivity index (χ2n) is 6.26. The highest BCUT2D eigenvalue weighted by Crippen LogP contribution is 2.26. The summed E-state index contributed by atoms with van der Waals surface area (Å²) in [5, 5.41) is 0. The number of hydrogen-bond acceptors (Lipinski definition) is 2. The van der Waals surface area contributed by atoms with Gasteiger partial charge < -0.3 is 0 Å². The average Bonchev–Trinajstić information content (AvgIpc) is 2.61. The quantitative estimate of drug-likeness (QED) is 0.833. The third-order valence-corrected chi connectivity index (χ3v) is 6.37. The van der Waals surface area contributed by atoms with Gasteiger partial charge in [-0.1, -0.05) is 66.6 Å². The summed E-state index contributed by atoms with van der Waals surface area (Å²) in [5.74, 6) is 0. The summed E-state index contributed by atoms with van der Waals surface area (Å²) in [6.45, 7) is 2.54. The number of rotatable bonds is 4. The summed E-state index contributed by atoms with van der Waals surface area (Å²) in [5.41, 5.74) is 2.16. The lowest BCUT2D eigenvalue weighted by Gasteiger charge is -2.33. The Balaban J connectivity index is 1.86. The van der Waals surface area contributed by atoms with Crippen molar-refractivity contribution in [3.63, 3.8) is 0 Å². The Morgan fingerprint density at radius 3 is 2.42 bits per heavy atom. The Kier molecular flexibility index (Phi) is 5.17. The SMILES string of the molecule is Cc1ccc(S(=O)(=O)N2CCCC[C@@H]2/C=C/c2ccccc2)cc1. The van der Waals surface area contributed by atoms with Crippen molar-refractivity contribution in [2.24, 2.45) is 0 Å². The predicted octanol–water partition coefficient (Wildman–Crippen LogP) is 4.25. The molecule has 0 radical (unpaired) electrons. The molecule has 24 heavy (non-hydrogen) atoms. The van der Waals surface area contributed by atoms with Crippen LogP contribution in [0.2, 0.25) is 0 Å². The molecule has 0 saturated carbocycles. The zero-order valence-electron chi connectivity index (χ0n) is 13.9. The van der Waals surface area contributed by atoms with Crippen LogP contribution in [-0.2, 0) is 10.0 Å². The van der Waals surface area contributed by atoms with E-state index in [1.54, 1.807) is 16.4 Å². The number of aryl methyl sites for hydroxylation is 1. The minimum absolute atomic E-state index is 0.0785. The van der Waals surface area contributed by atoms with Gasteiger partial charge in [0.25, 0.3) is 0 Å². The summed E-state index contributed by atoms with van der Waals surface area (Å²) in [4.78, 5) is 0.383. The molecule has 0 amide bonds. The van der Waals surface area contributed by atoms with Crippen molar-refractivity contribution in [3.8, 4) is 0 Å². The van der Waals surface area contributed by atoms with Crippen molar-refractivity contribution in [2.75, 3.05) is 6.54 Å². The van der Waals surface area contributed by atoms with Crippen LogP contribution in [0.3, 0.4) is 0 Å². The molecule has 1 saturated heterocycles. The molecular formula is C20H23NO2S. The number of sulfonamides is 1. The van der Waals surface area contributed by atoms with Crippen LogP contribution in [0.15, 0.2) is 65.6 Å². The largest absolute Gasteiger partial charge is 0.243 e. The zero-order valence-corrected chi connectivity index (χ0v) is 14.7. The fraction of sp³-hybridized carbons (Fsp3) is 0.300. The van der Waals surface area contributed by atoms with Gasteiger partial charge in [-0.15, -0.1) is 0 Å². The van der Waals surface area contributed by atoms with Gasteiger partial charge in [0.1, 0.15) is 0 Å². The molecule has 0 aromatic heterocycles. The van der Waals surface area contributed by atoms with Crippen molar-refractivity contribution in [3.05, 3.63) is 71.8 Å². The normalized spacial score (nSPS) is 19.6. The van der Waals surface area contributed by atoms with Gasteiger partial charge in [0.05, 0.1) is 4.90 Å². The van der Waals surface area contributed by atoms with E-state index in [0.29, 0.717) is 11.4 Å². The molecule has 126 valence electrons. The van der Waals surface area contributed by atoms with Crippen molar-refractivity contribution in [2.45, 2.75) is 37.1 Å². The molecule has 1 heterocycles. The van der Waals surface area contributed by atoms with E-state index in [1.165, 1.54) is 0 Å². The first-order valence-corrected chi connectivity index (χ1v) is 9.83. The molecule has 0 unspecified atom stereocenters. The molecule has 3 nitrogen and oxygen atoms in total. The highest BCUT2D eigenvalue weighted by Gasteiger charge is 2.31. The maximum atomic E-state index is 13.0. The Hall–Kier alpha value is -1.91. The van der Waals surface area contributed by atoms with Crippen LogP contribution >= 0.6 is 0 Å². The van der Waals surface area contributed by atoms with Crippen molar-refractivity contribution < 1.29 is 8.42 Å². The number of hydrogen-bond donors (Lipinski definition) is 0. The molecule has 0 N–H and O–H groups in total. The van der Waals surface area contributed by atoms with E-state index in [9.17, 15) is 8.42 Å². The van der Waals surface area contributed by atoms with Gasteiger partial charge >= 0.3 is 0 Å². The van der Waals surface area contributed by atoms with E-state index in [2.05, 4.69) is 0 Å². The van der Waals surface area contributed by atoms with Crippen molar-refractivity contribution in [1.82, 2.24) is 4.31 Å². The average molecular weight is 341 g/mol. The summed E-state index contributed by atoms with van der Waals surface area (Å²) in [7, 11) is -3.45. The number of piperidine rings is 1. The second-order valence-corrected chi connectivity index (χ2v) is 8.15. The van der Waals surface area contributed by atoms with Crippen LogP contribution in [0.5, 0.6) is 0 Å². The van der Waals surface area contributed by atoms with E-state index in [1.807, 2.05) is 61.5 Å². The maximum absolute atomic E-state index is 13.0. The van der Waals surface area contributed by atoms with Gasteiger partial charge in [0.2, 0.25) is 10.0 Å². The van der Waals surface area contributed by atoms with Gasteiger partial charge in [-0.2, -0.15) is 4.31 Å². The summed E-state index contributed by atoms with van der Waals surface area (Å²) in [6, 6.07) is 17.0. The number of nitrogens with zero attached hydrogens (tertiary/aromatic N) is 1. The van der Waals surface area contributed by atoms with E-state index in [4.69, 9.17) is 0 Å². The topological polar surface area (TPSA) is 37.4 Å². The molecule has 3 rings (SSSR count). The van der Waals surface area contributed by atoms with Crippen LogP contribution < -0.4 is 0 Å². The molecule has 0 aliphatic carbocycles. The van der Waals surface area contributed by atoms with Crippen LogP contribution in [0.25, 0.3) is 6.08 Å². The van der Waals surface area contributed by atoms with Gasteiger partial charge in [0.15, 0.2) is 0 Å². The van der Waals surface area contributed by atoms with E-state index in [-0.39, 0.29) is 6.04 Å². The molecule has 2 aromatic rings. The first-order chi connectivity index (χ1) is 11.6. The molecule has 1 fully saturated rings. The van der Waals surface area contributed by atoms with E-state index in [0.717, 1.165) is 30.4 Å². The lowest BCUT2D eigenvalue weighted by atomic mass is 10.0. The fourth-order valence-corrected chi connectivity index (χ4v) is 4.71. The van der Waals surface area contributed by atoms with Crippen LogP contribution in [0, 0.1) is 6.92 Å². The molecule has 0 bridgehead atoms. The molecule has 2 aromatic carbocycles. The van der Waals surface area contributed by atoms with E-state index < -0.39 is 10.0 Å². The standard InChI is InChI=1S/C20H23NO2S/c1-17-10-14-20(15-11-17)24(22,23)21-16-6-5-9-19(21)13-12-18-7-3-2-4-8-18/h2-4,7-8,10-15,19H,5-6,9,16H2,1H3/b13-12+/t19-/m1/s1. The highest BCUT2D eigenvalue weighted by atomic mass is 32.2. The third kappa shape index (κ3) is 3.77. The molecule has 4 heteroatoms. The van der Waals surface area contributed by atoms with E-state index >= 15 is 0 Å². The fourth-order valence-electron chi connectivity index (χ4n) is 3.05. The Morgan fingerprint density at radius 1 is 1.00 bits per heavy atom. The lowest BCUT2D eigenvalue weighted by molar-refractivity contribution is 0.292. The Bertz CT molecular complexity index is 795. The maximum Gasteiger partial charge on any atom is 0.243 e. The molecule has 1 aliphatic rings. The summed E-state index contributed by atoms with van der Waals surface area (Å²) < 4.78 is 27.7. The van der Waals surface area contributed by atoms with Gasteiger partial charge in [-0.05, 0) is 37.5 Å². The Labute approximate surface area is 144 Å². The highest BCUT2D eigenvalue weighted by molar-refractivity contribution is 7.89. The number of benzene rings is 2. The molecular weight excluding hydrogens is 318 g/mol. The van der Waals surface area contributed by atoms with Crippen LogP contribution in [-0.4, -0.2) is 25.3 Å². The van der Waals surface area contributed by atoms with Crippen molar-refractivity contribution >= 4 is 16.1 Å². The van der Waals surface area contributed by atoms with Gasteiger partial charge in [-0.25, -0.2) is 8.42 Å². The molecule has 1 aliphatic heterocycles. The van der Waals surface area contributed by atoms with Crippen LogP contribution in [0.4, 0.5) is 0 Å². The second kappa shape index (κ2) is 7.32. The monoisotopic (exact) mass is 341 g/mol. The first kappa shape index (κ1) is 16.9. The van der Waals surface area contributed by atoms with Gasteiger partial charge in [-0.3, -0.25) is 0 Å². The third-order valence-electron chi connectivity index (χ3n) is 4.44. The lowest BCUT2D eigenvalue weighted by Crippen LogP contribution is -2.42. The predicted molar refractivity (Wildman–Crippen MR) is 98.2 cm³/mol. The summed E-state index contributed by atoms with van der Waals surface area (Å²) in [6.07, 6.45) is 6.90. The van der Waals surface area contributed by atoms with Gasteiger partial charge in [0, 0.05) is 12.6 Å². The summed E-state index contributed by atoms with van der Waals surface area (Å²) >= 11 is 0. The molecule has 1 atom stereocenters.